The van der Waals surface area contributed by atoms with E-state index in [4.69, 9.17) is 9.15 Å². The molecular weight excluding hydrogens is 456 g/mol. The number of rotatable bonds is 6. The molecule has 0 spiro atoms. The van der Waals surface area contributed by atoms with Crippen LogP contribution in [0, 0.1) is 5.92 Å². The Bertz CT molecular complexity index is 1120. The number of fused-ring (bicyclic) bond motifs is 1. The Morgan fingerprint density at radius 1 is 1.24 bits per heavy atom. The van der Waals surface area contributed by atoms with E-state index in [-0.39, 0.29) is 5.91 Å². The summed E-state index contributed by atoms with van der Waals surface area (Å²) in [6.45, 7) is 5.24. The minimum Gasteiger partial charge on any atom is -0.495 e. The van der Waals surface area contributed by atoms with Gasteiger partial charge in [0, 0.05) is 31.1 Å². The van der Waals surface area contributed by atoms with Crippen LogP contribution in [0.4, 0.5) is 5.69 Å². The van der Waals surface area contributed by atoms with E-state index in [1.54, 1.807) is 18.4 Å². The fourth-order valence-corrected chi connectivity index (χ4v) is 6.28. The van der Waals surface area contributed by atoms with Crippen molar-refractivity contribution in [1.82, 2.24) is 15.1 Å². The summed E-state index contributed by atoms with van der Waals surface area (Å²) in [5, 5.41) is 8.84. The molecule has 1 unspecified atom stereocenters. The second-order valence-electron chi connectivity index (χ2n) is 8.61. The van der Waals surface area contributed by atoms with Crippen LogP contribution in [0.1, 0.15) is 23.8 Å². The lowest BCUT2D eigenvalue weighted by molar-refractivity contribution is -0.128. The number of para-hydroxylation sites is 2. The lowest BCUT2D eigenvalue weighted by atomic mass is 9.90. The average Bonchev–Trinajstić information content (AvgIpc) is 3.49. The van der Waals surface area contributed by atoms with Crippen LogP contribution in [0.3, 0.4) is 0 Å². The Balaban J connectivity index is 1.14. The Kier molecular flexibility index (Phi) is 6.59. The van der Waals surface area contributed by atoms with Crippen LogP contribution in [-0.2, 0) is 17.6 Å². The number of amides is 1. The van der Waals surface area contributed by atoms with Crippen molar-refractivity contribution in [2.75, 3.05) is 43.9 Å². The smallest absolute Gasteiger partial charge is 0.277 e. The molecule has 0 saturated carbocycles. The van der Waals surface area contributed by atoms with Gasteiger partial charge in [0.1, 0.15) is 5.75 Å². The first-order valence-electron chi connectivity index (χ1n) is 11.3. The van der Waals surface area contributed by atoms with Gasteiger partial charge in [-0.1, -0.05) is 30.8 Å². The molecule has 1 aliphatic heterocycles. The van der Waals surface area contributed by atoms with Gasteiger partial charge < -0.3 is 19.0 Å². The summed E-state index contributed by atoms with van der Waals surface area (Å²) in [7, 11) is 1.69. The standard InChI is InChI=1S/C24H28N4O3S2/c1-16-7-8-20-17(13-16)14-21(33-20)23-25-26-24(31-23)32-15-22(29)28-11-9-27(10-12-28)18-5-3-4-6-19(18)30-2/h3-6,14,16H,7-13,15H2,1-2H3. The van der Waals surface area contributed by atoms with Gasteiger partial charge in [0.05, 0.1) is 23.4 Å². The monoisotopic (exact) mass is 484 g/mol. The van der Waals surface area contributed by atoms with Crippen LogP contribution in [-0.4, -0.2) is 60.0 Å². The Hall–Kier alpha value is -2.52. The van der Waals surface area contributed by atoms with E-state index in [0.29, 0.717) is 30.0 Å². The maximum atomic E-state index is 12.8. The van der Waals surface area contributed by atoms with E-state index >= 15 is 0 Å². The van der Waals surface area contributed by atoms with Gasteiger partial charge in [0.2, 0.25) is 5.91 Å². The number of carbonyl (C=O) groups excluding carboxylic acids is 1. The van der Waals surface area contributed by atoms with Crippen LogP contribution in [0.15, 0.2) is 40.0 Å². The molecule has 0 radical (unpaired) electrons. The summed E-state index contributed by atoms with van der Waals surface area (Å²) in [5.74, 6) is 2.55. The predicted octanol–water partition coefficient (Wildman–Crippen LogP) is 4.37. The van der Waals surface area contributed by atoms with Crippen molar-refractivity contribution in [3.63, 3.8) is 0 Å². The number of nitrogens with zero attached hydrogens (tertiary/aromatic N) is 4. The second-order valence-corrected chi connectivity index (χ2v) is 10.7. The number of hydrogen-bond acceptors (Lipinski definition) is 8. The highest BCUT2D eigenvalue weighted by Crippen LogP contribution is 2.37. The number of carbonyl (C=O) groups is 1. The summed E-state index contributed by atoms with van der Waals surface area (Å²) in [6, 6.07) is 10.2. The van der Waals surface area contributed by atoms with E-state index in [2.05, 4.69) is 34.2 Å². The molecule has 5 rings (SSSR count). The van der Waals surface area contributed by atoms with Crippen molar-refractivity contribution in [3.8, 4) is 16.5 Å². The fraction of sp³-hybridized carbons (Fsp3) is 0.458. The molecule has 1 aromatic carbocycles. The first-order chi connectivity index (χ1) is 16.1. The molecule has 2 aromatic heterocycles. The third-order valence-electron chi connectivity index (χ3n) is 6.32. The summed E-state index contributed by atoms with van der Waals surface area (Å²) in [6.07, 6.45) is 3.50. The highest BCUT2D eigenvalue weighted by molar-refractivity contribution is 7.99. The first kappa shape index (κ1) is 22.3. The van der Waals surface area contributed by atoms with Crippen molar-refractivity contribution in [1.29, 1.82) is 0 Å². The predicted molar refractivity (Wildman–Crippen MR) is 131 cm³/mol. The third-order valence-corrected chi connectivity index (χ3v) is 8.35. The highest BCUT2D eigenvalue weighted by Gasteiger charge is 2.24. The summed E-state index contributed by atoms with van der Waals surface area (Å²) < 4.78 is 11.3. The molecule has 0 N–H and O–H groups in total. The molecule has 7 nitrogen and oxygen atoms in total. The second kappa shape index (κ2) is 9.77. The number of hydrogen-bond donors (Lipinski definition) is 0. The third kappa shape index (κ3) is 4.89. The number of methoxy groups -OCH3 is 1. The SMILES string of the molecule is COc1ccccc1N1CCN(C(=O)CSc2nnc(-c3cc4c(s3)CCC(C)C4)o2)CC1. The maximum absolute atomic E-state index is 12.8. The normalized spacial score (nSPS) is 18.3. The number of ether oxygens (including phenoxy) is 1. The molecular formula is C24H28N4O3S2. The van der Waals surface area contributed by atoms with E-state index < -0.39 is 0 Å². The average molecular weight is 485 g/mol. The summed E-state index contributed by atoms with van der Waals surface area (Å²) in [5.41, 5.74) is 2.49. The number of thiophene rings is 1. The van der Waals surface area contributed by atoms with Crippen molar-refractivity contribution >= 4 is 34.7 Å². The zero-order valence-electron chi connectivity index (χ0n) is 19.0. The van der Waals surface area contributed by atoms with Gasteiger partial charge in [-0.2, -0.15) is 0 Å². The van der Waals surface area contributed by atoms with Gasteiger partial charge in [0.15, 0.2) is 0 Å². The fourth-order valence-electron chi connectivity index (χ4n) is 4.48. The van der Waals surface area contributed by atoms with Crippen LogP contribution < -0.4 is 9.64 Å². The molecule has 1 amide bonds. The molecule has 174 valence electrons. The van der Waals surface area contributed by atoms with Gasteiger partial charge in [-0.15, -0.1) is 21.5 Å². The van der Waals surface area contributed by atoms with Gasteiger partial charge in [0.25, 0.3) is 11.1 Å². The van der Waals surface area contributed by atoms with Crippen LogP contribution in [0.5, 0.6) is 5.75 Å². The van der Waals surface area contributed by atoms with Gasteiger partial charge in [-0.3, -0.25) is 4.79 Å². The zero-order chi connectivity index (χ0) is 22.8. The van der Waals surface area contributed by atoms with Crippen LogP contribution in [0.25, 0.3) is 10.8 Å². The molecule has 1 aliphatic carbocycles. The van der Waals surface area contributed by atoms with Gasteiger partial charge in [-0.25, -0.2) is 0 Å². The minimum atomic E-state index is 0.0972. The van der Waals surface area contributed by atoms with Crippen LogP contribution in [0.2, 0.25) is 0 Å². The Morgan fingerprint density at radius 3 is 2.88 bits per heavy atom. The number of thioether (sulfide) groups is 1. The zero-order valence-corrected chi connectivity index (χ0v) is 20.6. The van der Waals surface area contributed by atoms with Gasteiger partial charge >= 0.3 is 0 Å². The Labute approximate surface area is 202 Å². The van der Waals surface area contributed by atoms with Crippen molar-refractivity contribution < 1.29 is 13.9 Å². The molecule has 9 heteroatoms. The molecule has 33 heavy (non-hydrogen) atoms. The number of anilines is 1. The van der Waals surface area contributed by atoms with Crippen molar-refractivity contribution in [2.45, 2.75) is 31.4 Å². The first-order valence-corrected chi connectivity index (χ1v) is 13.1. The molecule has 1 fully saturated rings. The number of aromatic nitrogens is 2. The molecule has 2 aliphatic rings. The van der Waals surface area contributed by atoms with E-state index in [1.807, 2.05) is 23.1 Å². The molecule has 0 bridgehead atoms. The molecule has 3 aromatic rings. The van der Waals surface area contributed by atoms with Crippen molar-refractivity contribution in [3.05, 3.63) is 40.8 Å². The molecule has 3 heterocycles. The lowest BCUT2D eigenvalue weighted by Crippen LogP contribution is -2.49. The summed E-state index contributed by atoms with van der Waals surface area (Å²) >= 11 is 3.07. The quantitative estimate of drug-likeness (QED) is 0.481. The van der Waals surface area contributed by atoms with E-state index in [1.165, 1.54) is 28.6 Å². The van der Waals surface area contributed by atoms with Gasteiger partial charge in [-0.05, 0) is 48.9 Å². The minimum absolute atomic E-state index is 0.0972. The lowest BCUT2D eigenvalue weighted by Gasteiger charge is -2.36. The maximum Gasteiger partial charge on any atom is 0.277 e. The molecule has 1 saturated heterocycles. The van der Waals surface area contributed by atoms with Crippen molar-refractivity contribution in [2.24, 2.45) is 5.92 Å². The number of aryl methyl sites for hydroxylation is 1. The largest absolute Gasteiger partial charge is 0.495 e. The highest BCUT2D eigenvalue weighted by atomic mass is 32.2. The van der Waals surface area contributed by atoms with E-state index in [9.17, 15) is 4.79 Å². The van der Waals surface area contributed by atoms with E-state index in [0.717, 1.165) is 48.2 Å². The van der Waals surface area contributed by atoms with Crippen LogP contribution >= 0.6 is 23.1 Å². The molecule has 1 atom stereocenters. The topological polar surface area (TPSA) is 71.7 Å². The number of benzene rings is 1. The summed E-state index contributed by atoms with van der Waals surface area (Å²) in [4.78, 5) is 19.4. The number of piperazine rings is 1. The Morgan fingerprint density at radius 2 is 2.06 bits per heavy atom.